The molecule has 0 radical (unpaired) electrons. The van der Waals surface area contributed by atoms with E-state index in [1.807, 2.05) is 19.1 Å². The van der Waals surface area contributed by atoms with Gasteiger partial charge in [-0.3, -0.25) is 14.3 Å². The normalized spacial score (nSPS) is 12.1. The largest absolute Gasteiger partial charge is 0.282 e. The molecule has 1 unspecified atom stereocenters. The average Bonchev–Trinajstić information content (AvgIpc) is 2.46. The molecule has 2 rings (SSSR count). The number of rotatable bonds is 5. The Morgan fingerprint density at radius 2 is 1.70 bits per heavy atom. The summed E-state index contributed by atoms with van der Waals surface area (Å²) in [4.78, 5) is 10.6. The van der Waals surface area contributed by atoms with Gasteiger partial charge in [0.1, 0.15) is 0 Å². The Bertz CT molecular complexity index is 623. The van der Waals surface area contributed by atoms with Crippen molar-refractivity contribution in [2.45, 2.75) is 18.4 Å². The average molecular weight is 291 g/mol. The highest BCUT2D eigenvalue weighted by Crippen LogP contribution is 2.15. The van der Waals surface area contributed by atoms with Crippen molar-refractivity contribution < 1.29 is 13.3 Å². The third-order valence-electron chi connectivity index (χ3n) is 2.69. The molecule has 0 saturated carbocycles. The van der Waals surface area contributed by atoms with Crippen LogP contribution in [0.2, 0.25) is 0 Å². The Kier molecular flexibility index (Phi) is 4.60. The zero-order valence-corrected chi connectivity index (χ0v) is 11.6. The summed E-state index contributed by atoms with van der Waals surface area (Å²) in [5.74, 6) is 0. The van der Waals surface area contributed by atoms with Crippen molar-refractivity contribution >= 4 is 16.8 Å². The fourth-order valence-electron chi connectivity index (χ4n) is 1.55. The van der Waals surface area contributed by atoms with Crippen LogP contribution in [0.3, 0.4) is 0 Å². The number of nitrogens with zero attached hydrogens (tertiary/aromatic N) is 1. The smallest absolute Gasteiger partial charge is 0.269 e. The lowest BCUT2D eigenvalue weighted by Crippen LogP contribution is -1.99. The van der Waals surface area contributed by atoms with E-state index in [0.717, 1.165) is 11.1 Å². The maximum atomic E-state index is 11.9. The van der Waals surface area contributed by atoms with E-state index >= 15 is 0 Å². The molecule has 0 aromatic heterocycles. The van der Waals surface area contributed by atoms with Gasteiger partial charge in [0.15, 0.2) is 11.1 Å². The summed E-state index contributed by atoms with van der Waals surface area (Å²) in [7, 11) is 0. The molecule has 0 fully saturated rings. The number of hydrogen-bond donors (Lipinski definition) is 0. The van der Waals surface area contributed by atoms with Crippen LogP contribution in [0.15, 0.2) is 53.4 Å². The maximum absolute atomic E-state index is 11.9. The third-order valence-corrected chi connectivity index (χ3v) is 3.68. The first-order valence-corrected chi connectivity index (χ1v) is 6.99. The Morgan fingerprint density at radius 3 is 2.25 bits per heavy atom. The van der Waals surface area contributed by atoms with E-state index in [4.69, 9.17) is 4.18 Å². The number of nitro groups is 1. The van der Waals surface area contributed by atoms with Crippen molar-refractivity contribution in [1.82, 2.24) is 0 Å². The van der Waals surface area contributed by atoms with Crippen molar-refractivity contribution in [3.63, 3.8) is 0 Å². The van der Waals surface area contributed by atoms with E-state index in [2.05, 4.69) is 0 Å². The summed E-state index contributed by atoms with van der Waals surface area (Å²) in [5.41, 5.74) is 1.84. The van der Waals surface area contributed by atoms with Gasteiger partial charge in [-0.15, -0.1) is 0 Å². The van der Waals surface area contributed by atoms with Gasteiger partial charge in [0.2, 0.25) is 0 Å². The SMILES string of the molecule is Cc1ccc(S(=O)OCc2ccc([N+](=O)[O-])cc2)cc1. The topological polar surface area (TPSA) is 69.4 Å². The number of aryl methyl sites for hydroxylation is 1. The molecule has 0 amide bonds. The second-order valence-corrected chi connectivity index (χ2v) is 5.41. The second-order valence-electron chi connectivity index (χ2n) is 4.23. The van der Waals surface area contributed by atoms with Gasteiger partial charge in [-0.1, -0.05) is 17.7 Å². The zero-order valence-electron chi connectivity index (χ0n) is 10.8. The molecular formula is C14H13NO4S. The molecule has 0 saturated heterocycles. The first kappa shape index (κ1) is 14.4. The van der Waals surface area contributed by atoms with Crippen molar-refractivity contribution in [3.05, 3.63) is 69.8 Å². The van der Waals surface area contributed by atoms with Gasteiger partial charge >= 0.3 is 0 Å². The van der Waals surface area contributed by atoms with Crippen LogP contribution < -0.4 is 0 Å². The molecule has 0 heterocycles. The fraction of sp³-hybridized carbons (Fsp3) is 0.143. The Balaban J connectivity index is 1.96. The Hall–Kier alpha value is -2.05. The van der Waals surface area contributed by atoms with Crippen LogP contribution in [0.5, 0.6) is 0 Å². The molecule has 0 spiro atoms. The molecule has 0 aliphatic heterocycles. The predicted octanol–water partition coefficient (Wildman–Crippen LogP) is 3.14. The van der Waals surface area contributed by atoms with Gasteiger partial charge in [-0.05, 0) is 36.8 Å². The lowest BCUT2D eigenvalue weighted by Gasteiger charge is -2.04. The van der Waals surface area contributed by atoms with Crippen LogP contribution >= 0.6 is 0 Å². The summed E-state index contributed by atoms with van der Waals surface area (Å²) in [6.45, 7) is 2.09. The van der Waals surface area contributed by atoms with Gasteiger partial charge in [0.05, 0.1) is 16.4 Å². The molecule has 20 heavy (non-hydrogen) atoms. The summed E-state index contributed by atoms with van der Waals surface area (Å²) in [6, 6.07) is 13.2. The van der Waals surface area contributed by atoms with Crippen molar-refractivity contribution in [2.24, 2.45) is 0 Å². The standard InChI is InChI=1S/C14H13NO4S/c1-11-2-8-14(9-3-11)20(18)19-10-12-4-6-13(7-5-12)15(16)17/h2-9H,10H2,1H3. The van der Waals surface area contributed by atoms with Gasteiger partial charge in [-0.25, -0.2) is 4.21 Å². The van der Waals surface area contributed by atoms with E-state index in [-0.39, 0.29) is 12.3 Å². The van der Waals surface area contributed by atoms with Crippen LogP contribution in [0.1, 0.15) is 11.1 Å². The molecular weight excluding hydrogens is 278 g/mol. The Morgan fingerprint density at radius 1 is 1.10 bits per heavy atom. The molecule has 0 aliphatic rings. The van der Waals surface area contributed by atoms with Crippen LogP contribution in [0.4, 0.5) is 5.69 Å². The van der Waals surface area contributed by atoms with Crippen LogP contribution in [-0.2, 0) is 21.9 Å². The molecule has 0 aliphatic carbocycles. The summed E-state index contributed by atoms with van der Waals surface area (Å²) >= 11 is -1.54. The highest BCUT2D eigenvalue weighted by molar-refractivity contribution is 7.80. The predicted molar refractivity (Wildman–Crippen MR) is 75.5 cm³/mol. The fourth-order valence-corrected chi connectivity index (χ4v) is 2.29. The first-order valence-electron chi connectivity index (χ1n) is 5.91. The van der Waals surface area contributed by atoms with Crippen LogP contribution in [-0.4, -0.2) is 9.13 Å². The molecule has 2 aromatic rings. The number of non-ortho nitro benzene ring substituents is 1. The van der Waals surface area contributed by atoms with Gasteiger partial charge < -0.3 is 0 Å². The molecule has 6 heteroatoms. The van der Waals surface area contributed by atoms with E-state index < -0.39 is 16.0 Å². The molecule has 1 atom stereocenters. The molecule has 5 nitrogen and oxygen atoms in total. The minimum absolute atomic E-state index is 0.0217. The minimum atomic E-state index is -1.54. The van der Waals surface area contributed by atoms with E-state index in [0.29, 0.717) is 4.90 Å². The Labute approximate surface area is 119 Å². The quantitative estimate of drug-likeness (QED) is 0.627. The van der Waals surface area contributed by atoms with E-state index in [1.54, 1.807) is 24.3 Å². The third kappa shape index (κ3) is 3.72. The van der Waals surface area contributed by atoms with Gasteiger partial charge in [0, 0.05) is 12.1 Å². The molecule has 0 N–H and O–H groups in total. The lowest BCUT2D eigenvalue weighted by molar-refractivity contribution is -0.384. The first-order chi connectivity index (χ1) is 9.56. The van der Waals surface area contributed by atoms with Gasteiger partial charge in [0.25, 0.3) is 5.69 Å². The highest BCUT2D eigenvalue weighted by atomic mass is 32.2. The van der Waals surface area contributed by atoms with Crippen molar-refractivity contribution in [1.29, 1.82) is 0 Å². The van der Waals surface area contributed by atoms with Crippen molar-refractivity contribution in [3.8, 4) is 0 Å². The van der Waals surface area contributed by atoms with Crippen molar-refractivity contribution in [2.75, 3.05) is 0 Å². The summed E-state index contributed by atoms with van der Waals surface area (Å²) < 4.78 is 17.1. The van der Waals surface area contributed by atoms with E-state index in [1.165, 1.54) is 12.1 Å². The van der Waals surface area contributed by atoms with Crippen LogP contribution in [0.25, 0.3) is 0 Å². The highest BCUT2D eigenvalue weighted by Gasteiger charge is 2.07. The molecule has 0 bridgehead atoms. The number of benzene rings is 2. The van der Waals surface area contributed by atoms with E-state index in [9.17, 15) is 14.3 Å². The molecule has 2 aromatic carbocycles. The zero-order chi connectivity index (χ0) is 14.5. The molecule has 104 valence electrons. The second kappa shape index (κ2) is 6.40. The summed E-state index contributed by atoms with van der Waals surface area (Å²) in [5, 5.41) is 10.5. The monoisotopic (exact) mass is 291 g/mol. The maximum Gasteiger partial charge on any atom is 0.269 e. The lowest BCUT2D eigenvalue weighted by atomic mass is 10.2. The number of nitro benzene ring substituents is 1. The van der Waals surface area contributed by atoms with Gasteiger partial charge in [-0.2, -0.15) is 0 Å². The summed E-state index contributed by atoms with van der Waals surface area (Å²) in [6.07, 6.45) is 0. The minimum Gasteiger partial charge on any atom is -0.282 e. The number of hydrogen-bond acceptors (Lipinski definition) is 4. The van der Waals surface area contributed by atoms with Crippen LogP contribution in [0, 0.1) is 17.0 Å².